The molecular formula is C15H30N2O. The lowest BCUT2D eigenvalue weighted by Crippen LogP contribution is -2.43. The first kappa shape index (κ1) is 15.5. The summed E-state index contributed by atoms with van der Waals surface area (Å²) in [5.74, 6) is 1.21. The van der Waals surface area contributed by atoms with Crippen molar-refractivity contribution in [2.24, 2.45) is 11.8 Å². The van der Waals surface area contributed by atoms with Crippen LogP contribution in [0, 0.1) is 11.8 Å². The van der Waals surface area contributed by atoms with E-state index in [9.17, 15) is 4.79 Å². The maximum atomic E-state index is 12.4. The average Bonchev–Trinajstić information content (AvgIpc) is 2.39. The number of hydrogen-bond acceptors (Lipinski definition) is 2. The van der Waals surface area contributed by atoms with Crippen molar-refractivity contribution in [2.45, 2.75) is 52.9 Å². The average molecular weight is 254 g/mol. The Morgan fingerprint density at radius 3 is 2.72 bits per heavy atom. The Kier molecular flexibility index (Phi) is 7.33. The summed E-state index contributed by atoms with van der Waals surface area (Å²) < 4.78 is 0. The van der Waals surface area contributed by atoms with Crippen molar-refractivity contribution in [3.05, 3.63) is 0 Å². The molecule has 1 aliphatic heterocycles. The quantitative estimate of drug-likeness (QED) is 0.757. The van der Waals surface area contributed by atoms with Gasteiger partial charge in [-0.25, -0.2) is 0 Å². The number of piperidine rings is 1. The molecule has 3 heteroatoms. The van der Waals surface area contributed by atoms with E-state index in [1.807, 2.05) is 0 Å². The Morgan fingerprint density at radius 2 is 2.17 bits per heavy atom. The van der Waals surface area contributed by atoms with E-state index in [4.69, 9.17) is 0 Å². The summed E-state index contributed by atoms with van der Waals surface area (Å²) in [7, 11) is 0. The van der Waals surface area contributed by atoms with E-state index < -0.39 is 0 Å². The maximum absolute atomic E-state index is 12.4. The van der Waals surface area contributed by atoms with Crippen LogP contribution in [0.15, 0.2) is 0 Å². The van der Waals surface area contributed by atoms with E-state index in [-0.39, 0.29) is 5.92 Å². The summed E-state index contributed by atoms with van der Waals surface area (Å²) in [5.41, 5.74) is 0. The van der Waals surface area contributed by atoms with Gasteiger partial charge in [0.1, 0.15) is 0 Å². The molecule has 1 heterocycles. The Balaban J connectivity index is 2.48. The van der Waals surface area contributed by atoms with E-state index in [2.05, 4.69) is 31.0 Å². The van der Waals surface area contributed by atoms with Crippen LogP contribution in [0.5, 0.6) is 0 Å². The molecule has 0 bridgehead atoms. The standard InChI is InChI=1S/C15H30N2O/c1-4-7-13(3)15(18)17(10-5-2)12-14-8-6-9-16-11-14/h13-14,16H,4-12H2,1-3H3. The van der Waals surface area contributed by atoms with Crippen molar-refractivity contribution in [3.8, 4) is 0 Å². The van der Waals surface area contributed by atoms with E-state index in [0.717, 1.165) is 45.4 Å². The topological polar surface area (TPSA) is 32.3 Å². The number of rotatable bonds is 7. The van der Waals surface area contributed by atoms with Crippen LogP contribution in [-0.4, -0.2) is 37.0 Å². The number of amides is 1. The van der Waals surface area contributed by atoms with Crippen LogP contribution in [0.4, 0.5) is 0 Å². The third-order valence-electron chi connectivity index (χ3n) is 3.83. The molecule has 106 valence electrons. The Bertz CT molecular complexity index is 237. The van der Waals surface area contributed by atoms with Crippen molar-refractivity contribution in [1.82, 2.24) is 10.2 Å². The van der Waals surface area contributed by atoms with Gasteiger partial charge in [-0.2, -0.15) is 0 Å². The molecule has 1 fully saturated rings. The molecule has 1 N–H and O–H groups in total. The molecule has 0 radical (unpaired) electrons. The minimum absolute atomic E-state index is 0.193. The Labute approximate surface area is 112 Å². The van der Waals surface area contributed by atoms with Gasteiger partial charge in [0.25, 0.3) is 0 Å². The van der Waals surface area contributed by atoms with Crippen LogP contribution < -0.4 is 5.32 Å². The van der Waals surface area contributed by atoms with Gasteiger partial charge in [-0.05, 0) is 44.7 Å². The second-order valence-corrected chi connectivity index (χ2v) is 5.69. The summed E-state index contributed by atoms with van der Waals surface area (Å²) in [5, 5.41) is 3.44. The van der Waals surface area contributed by atoms with Gasteiger partial charge in [0, 0.05) is 19.0 Å². The summed E-state index contributed by atoms with van der Waals surface area (Å²) in [4.78, 5) is 14.5. The fourth-order valence-electron chi connectivity index (χ4n) is 2.82. The van der Waals surface area contributed by atoms with E-state index in [1.165, 1.54) is 12.8 Å². The fraction of sp³-hybridized carbons (Fsp3) is 0.933. The van der Waals surface area contributed by atoms with Gasteiger partial charge in [-0.1, -0.05) is 27.2 Å². The first-order chi connectivity index (χ1) is 8.69. The minimum Gasteiger partial charge on any atom is -0.342 e. The normalized spacial score (nSPS) is 21.6. The van der Waals surface area contributed by atoms with Crippen LogP contribution in [0.1, 0.15) is 52.9 Å². The highest BCUT2D eigenvalue weighted by Crippen LogP contribution is 2.16. The van der Waals surface area contributed by atoms with Gasteiger partial charge in [0.05, 0.1) is 0 Å². The highest BCUT2D eigenvalue weighted by Gasteiger charge is 2.23. The lowest BCUT2D eigenvalue weighted by molar-refractivity contribution is -0.136. The number of nitrogens with one attached hydrogen (secondary N) is 1. The number of carbonyl (C=O) groups is 1. The zero-order valence-electron chi connectivity index (χ0n) is 12.4. The second kappa shape index (κ2) is 8.52. The van der Waals surface area contributed by atoms with Crippen molar-refractivity contribution in [3.63, 3.8) is 0 Å². The number of carbonyl (C=O) groups excluding carboxylic acids is 1. The zero-order chi connectivity index (χ0) is 13.4. The van der Waals surface area contributed by atoms with Gasteiger partial charge in [0.2, 0.25) is 5.91 Å². The molecule has 2 atom stereocenters. The minimum atomic E-state index is 0.193. The van der Waals surface area contributed by atoms with Crippen molar-refractivity contribution >= 4 is 5.91 Å². The first-order valence-corrected chi connectivity index (χ1v) is 7.68. The van der Waals surface area contributed by atoms with Gasteiger partial charge < -0.3 is 10.2 Å². The van der Waals surface area contributed by atoms with Gasteiger partial charge in [-0.3, -0.25) is 4.79 Å². The summed E-state index contributed by atoms with van der Waals surface area (Å²) in [6.45, 7) is 10.5. The van der Waals surface area contributed by atoms with E-state index in [0.29, 0.717) is 11.8 Å². The van der Waals surface area contributed by atoms with Gasteiger partial charge >= 0.3 is 0 Å². The molecule has 0 aromatic heterocycles. The summed E-state index contributed by atoms with van der Waals surface area (Å²) in [6, 6.07) is 0. The second-order valence-electron chi connectivity index (χ2n) is 5.69. The molecule has 0 spiro atoms. The van der Waals surface area contributed by atoms with Gasteiger partial charge in [0.15, 0.2) is 0 Å². The molecule has 0 aromatic rings. The predicted octanol–water partition coefficient (Wildman–Crippen LogP) is 2.66. The highest BCUT2D eigenvalue weighted by atomic mass is 16.2. The molecule has 1 saturated heterocycles. The summed E-state index contributed by atoms with van der Waals surface area (Å²) in [6.07, 6.45) is 5.69. The molecule has 0 aliphatic carbocycles. The number of nitrogens with zero attached hydrogens (tertiary/aromatic N) is 1. The smallest absolute Gasteiger partial charge is 0.225 e. The third-order valence-corrected chi connectivity index (χ3v) is 3.83. The van der Waals surface area contributed by atoms with Gasteiger partial charge in [-0.15, -0.1) is 0 Å². The van der Waals surface area contributed by atoms with Crippen LogP contribution in [0.2, 0.25) is 0 Å². The SMILES string of the molecule is CCCC(C)C(=O)N(CCC)CC1CCCNC1. The van der Waals surface area contributed by atoms with Crippen LogP contribution in [0.25, 0.3) is 0 Å². The lowest BCUT2D eigenvalue weighted by atomic mass is 9.97. The van der Waals surface area contributed by atoms with Crippen molar-refractivity contribution in [1.29, 1.82) is 0 Å². The molecular weight excluding hydrogens is 224 g/mol. The molecule has 2 unspecified atom stereocenters. The fourth-order valence-corrected chi connectivity index (χ4v) is 2.82. The maximum Gasteiger partial charge on any atom is 0.225 e. The third kappa shape index (κ3) is 4.97. The Morgan fingerprint density at radius 1 is 1.39 bits per heavy atom. The van der Waals surface area contributed by atoms with E-state index in [1.54, 1.807) is 0 Å². The molecule has 18 heavy (non-hydrogen) atoms. The highest BCUT2D eigenvalue weighted by molar-refractivity contribution is 5.78. The summed E-state index contributed by atoms with van der Waals surface area (Å²) >= 11 is 0. The molecule has 1 amide bonds. The number of hydrogen-bond donors (Lipinski definition) is 1. The molecule has 0 aromatic carbocycles. The van der Waals surface area contributed by atoms with Crippen LogP contribution in [-0.2, 0) is 4.79 Å². The van der Waals surface area contributed by atoms with Crippen molar-refractivity contribution < 1.29 is 4.79 Å². The molecule has 3 nitrogen and oxygen atoms in total. The van der Waals surface area contributed by atoms with Crippen molar-refractivity contribution in [2.75, 3.05) is 26.2 Å². The lowest BCUT2D eigenvalue weighted by Gasteiger charge is -2.31. The monoisotopic (exact) mass is 254 g/mol. The molecule has 0 saturated carbocycles. The molecule has 1 aliphatic rings. The van der Waals surface area contributed by atoms with E-state index >= 15 is 0 Å². The van der Waals surface area contributed by atoms with Crippen LogP contribution >= 0.6 is 0 Å². The largest absolute Gasteiger partial charge is 0.342 e. The molecule has 1 rings (SSSR count). The Hall–Kier alpha value is -0.570. The first-order valence-electron chi connectivity index (χ1n) is 7.68. The predicted molar refractivity (Wildman–Crippen MR) is 76.5 cm³/mol. The zero-order valence-corrected chi connectivity index (χ0v) is 12.4. The van der Waals surface area contributed by atoms with Crippen LogP contribution in [0.3, 0.4) is 0 Å².